The third-order valence-corrected chi connectivity index (χ3v) is 4.93. The van der Waals surface area contributed by atoms with Gasteiger partial charge in [0, 0.05) is 0 Å². The van der Waals surface area contributed by atoms with Crippen LogP contribution in [0.5, 0.6) is 11.5 Å². The van der Waals surface area contributed by atoms with E-state index in [1.807, 2.05) is 19.1 Å². The number of nitrogens with zero attached hydrogens (tertiary/aromatic N) is 1. The highest BCUT2D eigenvalue weighted by molar-refractivity contribution is 6.42. The second-order valence-corrected chi connectivity index (χ2v) is 7.16. The van der Waals surface area contributed by atoms with Crippen LogP contribution >= 0.6 is 23.2 Å². The summed E-state index contributed by atoms with van der Waals surface area (Å²) in [6.45, 7) is 2.23. The average Bonchev–Trinajstić information content (AvgIpc) is 2.71. The van der Waals surface area contributed by atoms with Crippen LogP contribution < -0.4 is 31.1 Å². The van der Waals surface area contributed by atoms with E-state index in [0.29, 0.717) is 28.2 Å². The van der Waals surface area contributed by atoms with Crippen molar-refractivity contribution in [1.29, 1.82) is 0 Å². The summed E-state index contributed by atoms with van der Waals surface area (Å²) in [6.07, 6.45) is 1.29. The number of carbonyl (C=O) groups is 1. The summed E-state index contributed by atoms with van der Waals surface area (Å²) in [5.74, 6) is 1.16. The van der Waals surface area contributed by atoms with Crippen LogP contribution in [-0.4, -0.2) is 31.6 Å². The van der Waals surface area contributed by atoms with E-state index in [2.05, 4.69) is 26.7 Å². The summed E-state index contributed by atoms with van der Waals surface area (Å²) < 4.78 is 11.3. The van der Waals surface area contributed by atoms with Gasteiger partial charge in [0.05, 0.1) is 29.4 Å². The number of hydrazone groups is 1. The van der Waals surface area contributed by atoms with Gasteiger partial charge in [0.1, 0.15) is 12.8 Å². The lowest BCUT2D eigenvalue weighted by Crippen LogP contribution is -2.67. The Morgan fingerprint density at radius 3 is 2.76 bits per heavy atom. The number of halogens is 2. The molecule has 1 aliphatic heterocycles. The van der Waals surface area contributed by atoms with Gasteiger partial charge in [-0.1, -0.05) is 29.3 Å². The number of hydrazine groups is 1. The van der Waals surface area contributed by atoms with E-state index in [4.69, 9.17) is 32.7 Å². The first-order valence-electron chi connectivity index (χ1n) is 8.81. The molecule has 0 aliphatic carbocycles. The molecule has 0 radical (unpaired) electrons. The lowest BCUT2D eigenvalue weighted by molar-refractivity contribution is 0.202. The number of nitrogens with one attached hydrogen (secondary N) is 4. The zero-order valence-corrected chi connectivity index (χ0v) is 17.3. The summed E-state index contributed by atoms with van der Waals surface area (Å²) in [6, 6.07) is 10.4. The summed E-state index contributed by atoms with van der Waals surface area (Å²) in [5, 5.41) is 7.89. The van der Waals surface area contributed by atoms with E-state index in [1.165, 1.54) is 0 Å². The molecule has 1 saturated heterocycles. The van der Waals surface area contributed by atoms with Gasteiger partial charge in [0.15, 0.2) is 11.5 Å². The minimum atomic E-state index is -0.337. The number of amides is 2. The van der Waals surface area contributed by atoms with Crippen LogP contribution in [0.4, 0.5) is 4.79 Å². The fourth-order valence-electron chi connectivity index (χ4n) is 2.58. The number of benzene rings is 2. The second kappa shape index (κ2) is 9.69. The Balaban J connectivity index is 1.61. The van der Waals surface area contributed by atoms with Crippen LogP contribution in [0.2, 0.25) is 10.0 Å². The van der Waals surface area contributed by atoms with Gasteiger partial charge in [-0.3, -0.25) is 10.9 Å². The van der Waals surface area contributed by atoms with E-state index in [0.717, 1.165) is 11.1 Å². The summed E-state index contributed by atoms with van der Waals surface area (Å²) in [5.41, 5.74) is 9.92. The fraction of sp³-hybridized carbons (Fsp3) is 0.263. The molecule has 2 unspecified atom stereocenters. The van der Waals surface area contributed by atoms with Crippen LogP contribution in [0.25, 0.3) is 0 Å². The van der Waals surface area contributed by atoms with Crippen molar-refractivity contribution in [2.45, 2.75) is 25.7 Å². The minimum Gasteiger partial charge on any atom is -0.493 e. The molecule has 0 spiro atoms. The molecular formula is C19H21Cl2N5O3. The predicted octanol–water partition coefficient (Wildman–Crippen LogP) is 3.04. The first-order valence-corrected chi connectivity index (χ1v) is 9.57. The maximum atomic E-state index is 11.4. The third kappa shape index (κ3) is 5.66. The van der Waals surface area contributed by atoms with Crippen LogP contribution in [-0.2, 0) is 6.61 Å². The lowest BCUT2D eigenvalue weighted by Gasteiger charge is -2.30. The third-order valence-electron chi connectivity index (χ3n) is 4.19. The molecule has 1 fully saturated rings. The molecule has 1 heterocycles. The number of hydrogen-bond donors (Lipinski definition) is 4. The van der Waals surface area contributed by atoms with E-state index in [1.54, 1.807) is 37.6 Å². The highest BCUT2D eigenvalue weighted by atomic mass is 35.5. The van der Waals surface area contributed by atoms with E-state index in [-0.39, 0.29) is 18.2 Å². The standard InChI is InChI=1S/C19H21Cl2N5O3/c1-11-18(23-19(27)26-24-11)25-22-9-12-4-6-16(17(8-12)28-2)29-10-13-3-5-14(20)15(21)7-13/h3-9,11,18,24-25H,10H2,1-2H3,(H2,23,26,27)/b22-9+. The molecule has 0 aromatic heterocycles. The molecular weight excluding hydrogens is 417 g/mol. The van der Waals surface area contributed by atoms with Crippen molar-refractivity contribution < 1.29 is 14.3 Å². The molecule has 8 nitrogen and oxygen atoms in total. The SMILES string of the molecule is COc1cc(/C=N/NC2NC(=O)NNC2C)ccc1OCc1ccc(Cl)c(Cl)c1. The highest BCUT2D eigenvalue weighted by Gasteiger charge is 2.23. The Kier molecular flexibility index (Phi) is 7.03. The zero-order chi connectivity index (χ0) is 20.8. The van der Waals surface area contributed by atoms with Crippen LogP contribution in [0.15, 0.2) is 41.5 Å². The zero-order valence-electron chi connectivity index (χ0n) is 15.8. The van der Waals surface area contributed by atoms with Gasteiger partial charge in [0.2, 0.25) is 0 Å². The van der Waals surface area contributed by atoms with Crippen molar-refractivity contribution in [3.8, 4) is 11.5 Å². The molecule has 29 heavy (non-hydrogen) atoms. The molecule has 0 saturated carbocycles. The second-order valence-electron chi connectivity index (χ2n) is 6.34. The molecule has 1 aliphatic rings. The topological polar surface area (TPSA) is 96.0 Å². The quantitative estimate of drug-likeness (QED) is 0.394. The number of hydrogen-bond acceptors (Lipinski definition) is 6. The molecule has 154 valence electrons. The summed E-state index contributed by atoms with van der Waals surface area (Å²) >= 11 is 12.0. The summed E-state index contributed by atoms with van der Waals surface area (Å²) in [7, 11) is 1.57. The monoisotopic (exact) mass is 437 g/mol. The van der Waals surface area contributed by atoms with Crippen molar-refractivity contribution in [3.63, 3.8) is 0 Å². The first-order chi connectivity index (χ1) is 14.0. The molecule has 10 heteroatoms. The van der Waals surface area contributed by atoms with E-state index in [9.17, 15) is 4.79 Å². The maximum Gasteiger partial charge on any atom is 0.330 e. The van der Waals surface area contributed by atoms with Gasteiger partial charge in [-0.25, -0.2) is 10.2 Å². The number of rotatable bonds is 7. The van der Waals surface area contributed by atoms with Gasteiger partial charge in [0.25, 0.3) is 0 Å². The maximum absolute atomic E-state index is 11.4. The van der Waals surface area contributed by atoms with Gasteiger partial charge in [-0.05, 0) is 48.4 Å². The van der Waals surface area contributed by atoms with Crippen molar-refractivity contribution in [1.82, 2.24) is 21.6 Å². The molecule has 2 aromatic carbocycles. The van der Waals surface area contributed by atoms with Crippen molar-refractivity contribution >= 4 is 35.4 Å². The molecule has 2 atom stereocenters. The van der Waals surface area contributed by atoms with Crippen molar-refractivity contribution in [2.24, 2.45) is 5.10 Å². The minimum absolute atomic E-state index is 0.0449. The number of urea groups is 1. The molecule has 2 amide bonds. The largest absolute Gasteiger partial charge is 0.493 e. The number of ether oxygens (including phenoxy) is 2. The van der Waals surface area contributed by atoms with Crippen molar-refractivity contribution in [2.75, 3.05) is 7.11 Å². The Labute approximate surface area is 178 Å². The van der Waals surface area contributed by atoms with E-state index >= 15 is 0 Å². The smallest absolute Gasteiger partial charge is 0.330 e. The highest BCUT2D eigenvalue weighted by Crippen LogP contribution is 2.29. The number of methoxy groups -OCH3 is 1. The molecule has 0 bridgehead atoms. The predicted molar refractivity (Wildman–Crippen MR) is 113 cm³/mol. The van der Waals surface area contributed by atoms with Gasteiger partial charge in [-0.15, -0.1) is 0 Å². The molecule has 2 aromatic rings. The van der Waals surface area contributed by atoms with Crippen LogP contribution in [0.3, 0.4) is 0 Å². The fourth-order valence-corrected chi connectivity index (χ4v) is 2.90. The van der Waals surface area contributed by atoms with E-state index < -0.39 is 0 Å². The van der Waals surface area contributed by atoms with Crippen LogP contribution in [0, 0.1) is 0 Å². The van der Waals surface area contributed by atoms with Crippen molar-refractivity contribution in [3.05, 3.63) is 57.6 Å². The molecule has 3 rings (SSSR count). The Hall–Kier alpha value is -2.68. The summed E-state index contributed by atoms with van der Waals surface area (Å²) in [4.78, 5) is 11.4. The Morgan fingerprint density at radius 2 is 2.00 bits per heavy atom. The van der Waals surface area contributed by atoms with Crippen LogP contribution in [0.1, 0.15) is 18.1 Å². The Morgan fingerprint density at radius 1 is 1.17 bits per heavy atom. The van der Waals surface area contributed by atoms with Gasteiger partial charge in [-0.2, -0.15) is 5.10 Å². The van der Waals surface area contributed by atoms with Gasteiger partial charge < -0.3 is 14.8 Å². The number of carbonyl (C=O) groups excluding carboxylic acids is 1. The molecule has 4 N–H and O–H groups in total. The Bertz CT molecular complexity index is 909. The van der Waals surface area contributed by atoms with Gasteiger partial charge >= 0.3 is 6.03 Å². The normalized spacial score (nSPS) is 18.8. The average molecular weight is 438 g/mol. The lowest BCUT2D eigenvalue weighted by atomic mass is 10.2. The first kappa shape index (κ1) is 21.0.